The molecule has 0 heterocycles. The molecule has 0 saturated heterocycles. The molecule has 80 valence electrons. The summed E-state index contributed by atoms with van der Waals surface area (Å²) in [6.07, 6.45) is 3.62. The number of carbonyl (C=O) groups excluding carboxylic acids is 1. The van der Waals surface area contributed by atoms with Crippen LogP contribution in [0.1, 0.15) is 15.9 Å². The van der Waals surface area contributed by atoms with Gasteiger partial charge >= 0.3 is 5.97 Å². The van der Waals surface area contributed by atoms with Crippen LogP contribution in [0.2, 0.25) is 0 Å². The molecule has 15 heavy (non-hydrogen) atoms. The third-order valence-electron chi connectivity index (χ3n) is 1.93. The summed E-state index contributed by atoms with van der Waals surface area (Å²) in [6.45, 7) is 0.456. The second-order valence-corrected chi connectivity index (χ2v) is 2.98. The highest BCUT2D eigenvalue weighted by molar-refractivity contribution is 5.95. The van der Waals surface area contributed by atoms with Gasteiger partial charge in [0.05, 0.1) is 12.7 Å². The molecule has 0 fully saturated rings. The van der Waals surface area contributed by atoms with Crippen molar-refractivity contribution < 1.29 is 9.53 Å². The zero-order valence-electron chi connectivity index (χ0n) is 8.57. The maximum atomic E-state index is 11.3. The summed E-state index contributed by atoms with van der Waals surface area (Å²) in [5.74, 6) is -0.435. The van der Waals surface area contributed by atoms with E-state index in [1.54, 1.807) is 18.2 Å². The maximum Gasteiger partial charge on any atom is 0.339 e. The average molecular weight is 206 g/mol. The minimum atomic E-state index is -0.435. The molecule has 0 amide bonds. The van der Waals surface area contributed by atoms with Gasteiger partial charge in [-0.2, -0.15) is 0 Å². The van der Waals surface area contributed by atoms with E-state index in [0.717, 1.165) is 5.56 Å². The predicted molar refractivity (Wildman–Crippen MR) is 60.3 cm³/mol. The van der Waals surface area contributed by atoms with Crippen LogP contribution in [0.4, 0.5) is 5.69 Å². The number of esters is 1. The van der Waals surface area contributed by atoms with E-state index in [9.17, 15) is 4.79 Å². The van der Waals surface area contributed by atoms with Crippen LogP contribution >= 0.6 is 0 Å². The van der Waals surface area contributed by atoms with Crippen molar-refractivity contribution in [3.05, 3.63) is 35.4 Å². The minimum absolute atomic E-state index is 0.372. The van der Waals surface area contributed by atoms with Gasteiger partial charge in [-0.25, -0.2) is 4.79 Å². The van der Waals surface area contributed by atoms with Crippen molar-refractivity contribution in [2.45, 2.75) is 0 Å². The van der Waals surface area contributed by atoms with Crippen LogP contribution < -0.4 is 11.5 Å². The number of methoxy groups -OCH3 is 1. The molecule has 0 radical (unpaired) electrons. The first-order valence-electron chi connectivity index (χ1n) is 4.53. The average Bonchev–Trinajstić information content (AvgIpc) is 2.27. The summed E-state index contributed by atoms with van der Waals surface area (Å²) >= 11 is 0. The van der Waals surface area contributed by atoms with Crippen molar-refractivity contribution >= 4 is 17.7 Å². The molecular weight excluding hydrogens is 192 g/mol. The number of anilines is 1. The van der Waals surface area contributed by atoms with E-state index in [4.69, 9.17) is 11.5 Å². The zero-order valence-corrected chi connectivity index (χ0v) is 8.57. The Morgan fingerprint density at radius 3 is 2.87 bits per heavy atom. The quantitative estimate of drug-likeness (QED) is 0.572. The van der Waals surface area contributed by atoms with E-state index in [1.807, 2.05) is 12.1 Å². The Bertz CT molecular complexity index is 386. The molecule has 1 aromatic carbocycles. The van der Waals surface area contributed by atoms with Gasteiger partial charge in [0.1, 0.15) is 0 Å². The van der Waals surface area contributed by atoms with Gasteiger partial charge in [0, 0.05) is 12.2 Å². The van der Waals surface area contributed by atoms with E-state index in [1.165, 1.54) is 7.11 Å². The van der Waals surface area contributed by atoms with Crippen LogP contribution in [0.3, 0.4) is 0 Å². The Balaban J connectivity index is 3.05. The van der Waals surface area contributed by atoms with Crippen molar-refractivity contribution in [3.8, 4) is 0 Å². The molecule has 0 aliphatic carbocycles. The molecule has 0 aliphatic rings. The molecule has 0 aromatic heterocycles. The topological polar surface area (TPSA) is 78.3 Å². The first kappa shape index (κ1) is 11.3. The summed E-state index contributed by atoms with van der Waals surface area (Å²) < 4.78 is 4.61. The Kier molecular flexibility index (Phi) is 3.88. The van der Waals surface area contributed by atoms with Crippen LogP contribution in [0.15, 0.2) is 24.3 Å². The lowest BCUT2D eigenvalue weighted by Crippen LogP contribution is -2.05. The maximum absolute atomic E-state index is 11.3. The third kappa shape index (κ3) is 2.82. The minimum Gasteiger partial charge on any atom is -0.465 e. The van der Waals surface area contributed by atoms with Crippen LogP contribution in [0.25, 0.3) is 6.08 Å². The fourth-order valence-corrected chi connectivity index (χ4v) is 1.17. The molecule has 0 saturated carbocycles. The Morgan fingerprint density at radius 1 is 1.53 bits per heavy atom. The fourth-order valence-electron chi connectivity index (χ4n) is 1.17. The van der Waals surface area contributed by atoms with E-state index in [2.05, 4.69) is 4.74 Å². The number of nitrogen functional groups attached to an aromatic ring is 1. The molecule has 1 aromatic rings. The van der Waals surface area contributed by atoms with Gasteiger partial charge in [0.2, 0.25) is 0 Å². The van der Waals surface area contributed by atoms with Crippen molar-refractivity contribution in [2.75, 3.05) is 19.4 Å². The SMILES string of the molecule is COC(=O)c1cc(C=CCN)ccc1N. The summed E-state index contributed by atoms with van der Waals surface area (Å²) in [4.78, 5) is 11.3. The number of rotatable bonds is 3. The second kappa shape index (κ2) is 5.17. The summed E-state index contributed by atoms with van der Waals surface area (Å²) in [6, 6.07) is 5.16. The third-order valence-corrected chi connectivity index (χ3v) is 1.93. The van der Waals surface area contributed by atoms with Gasteiger partial charge < -0.3 is 16.2 Å². The van der Waals surface area contributed by atoms with Crippen LogP contribution in [0.5, 0.6) is 0 Å². The summed E-state index contributed by atoms with van der Waals surface area (Å²) in [5, 5.41) is 0. The van der Waals surface area contributed by atoms with E-state index < -0.39 is 5.97 Å². The van der Waals surface area contributed by atoms with Gasteiger partial charge in [0.15, 0.2) is 0 Å². The molecule has 0 unspecified atom stereocenters. The zero-order chi connectivity index (χ0) is 11.3. The monoisotopic (exact) mass is 206 g/mol. The molecule has 1 rings (SSSR count). The summed E-state index contributed by atoms with van der Waals surface area (Å²) in [5.41, 5.74) is 12.6. The Morgan fingerprint density at radius 2 is 2.27 bits per heavy atom. The highest BCUT2D eigenvalue weighted by Gasteiger charge is 2.09. The van der Waals surface area contributed by atoms with Crippen LogP contribution in [0, 0.1) is 0 Å². The number of hydrogen-bond acceptors (Lipinski definition) is 4. The molecular formula is C11H14N2O2. The predicted octanol–water partition coefficient (Wildman–Crippen LogP) is 1.03. The van der Waals surface area contributed by atoms with E-state index in [0.29, 0.717) is 17.8 Å². The lowest BCUT2D eigenvalue weighted by molar-refractivity contribution is 0.0602. The number of nitrogens with two attached hydrogens (primary N) is 2. The fraction of sp³-hybridized carbons (Fsp3) is 0.182. The summed E-state index contributed by atoms with van der Waals surface area (Å²) in [7, 11) is 1.32. The standard InChI is InChI=1S/C11H14N2O2/c1-15-11(14)9-7-8(3-2-6-12)4-5-10(9)13/h2-5,7H,6,12-13H2,1H3. The lowest BCUT2D eigenvalue weighted by Gasteiger charge is -2.04. The lowest BCUT2D eigenvalue weighted by atomic mass is 10.1. The first-order chi connectivity index (χ1) is 7.19. The van der Waals surface area contributed by atoms with Crippen LogP contribution in [-0.2, 0) is 4.74 Å². The van der Waals surface area contributed by atoms with Crippen LogP contribution in [-0.4, -0.2) is 19.6 Å². The second-order valence-electron chi connectivity index (χ2n) is 2.98. The molecule has 0 spiro atoms. The number of ether oxygens (including phenoxy) is 1. The molecule has 4 N–H and O–H groups in total. The van der Waals surface area contributed by atoms with Gasteiger partial charge in [0.25, 0.3) is 0 Å². The van der Waals surface area contributed by atoms with Crippen molar-refractivity contribution in [3.63, 3.8) is 0 Å². The van der Waals surface area contributed by atoms with Crippen molar-refractivity contribution in [2.24, 2.45) is 5.73 Å². The van der Waals surface area contributed by atoms with Crippen molar-refractivity contribution in [1.82, 2.24) is 0 Å². The Hall–Kier alpha value is -1.81. The molecule has 0 aliphatic heterocycles. The molecule has 4 heteroatoms. The van der Waals surface area contributed by atoms with Gasteiger partial charge in [-0.1, -0.05) is 18.2 Å². The molecule has 4 nitrogen and oxygen atoms in total. The largest absolute Gasteiger partial charge is 0.465 e. The molecule has 0 bridgehead atoms. The highest BCUT2D eigenvalue weighted by atomic mass is 16.5. The highest BCUT2D eigenvalue weighted by Crippen LogP contribution is 2.16. The number of carbonyl (C=O) groups is 1. The molecule has 0 atom stereocenters. The van der Waals surface area contributed by atoms with E-state index in [-0.39, 0.29) is 0 Å². The van der Waals surface area contributed by atoms with Gasteiger partial charge in [-0.3, -0.25) is 0 Å². The van der Waals surface area contributed by atoms with Gasteiger partial charge in [-0.15, -0.1) is 0 Å². The van der Waals surface area contributed by atoms with E-state index >= 15 is 0 Å². The van der Waals surface area contributed by atoms with Crippen molar-refractivity contribution in [1.29, 1.82) is 0 Å². The normalized spacial score (nSPS) is 10.5. The first-order valence-corrected chi connectivity index (χ1v) is 4.53. The Labute approximate surface area is 88.5 Å². The smallest absolute Gasteiger partial charge is 0.339 e. The number of benzene rings is 1. The number of hydrogen-bond donors (Lipinski definition) is 2. The van der Waals surface area contributed by atoms with Gasteiger partial charge in [-0.05, 0) is 17.7 Å².